The van der Waals surface area contributed by atoms with E-state index >= 15 is 0 Å². The summed E-state index contributed by atoms with van der Waals surface area (Å²) in [4.78, 5) is 4.23. The lowest BCUT2D eigenvalue weighted by Crippen LogP contribution is -2.13. The maximum atomic E-state index is 6.26. The highest BCUT2D eigenvalue weighted by Gasteiger charge is 2.19. The topological polar surface area (TPSA) is 38.9 Å². The third-order valence-corrected chi connectivity index (χ3v) is 3.01. The van der Waals surface area contributed by atoms with Gasteiger partial charge in [0, 0.05) is 22.0 Å². The highest BCUT2D eigenvalue weighted by Crippen LogP contribution is 2.35. The number of nitrogen functional groups attached to an aromatic ring is 1. The molecule has 0 saturated heterocycles. The summed E-state index contributed by atoms with van der Waals surface area (Å²) in [5.41, 5.74) is 7.00. The van der Waals surface area contributed by atoms with E-state index in [9.17, 15) is 0 Å². The summed E-state index contributed by atoms with van der Waals surface area (Å²) in [6.45, 7) is 6.43. The first-order chi connectivity index (χ1) is 7.41. The predicted octanol–water partition coefficient (Wildman–Crippen LogP) is 3.77. The molecule has 3 heteroatoms. The Balaban J connectivity index is 2.92. The van der Waals surface area contributed by atoms with Crippen molar-refractivity contribution in [3.8, 4) is 0 Å². The minimum Gasteiger partial charge on any atom is -0.383 e. The van der Waals surface area contributed by atoms with E-state index in [1.54, 1.807) is 0 Å². The molecule has 1 heterocycles. The van der Waals surface area contributed by atoms with Crippen molar-refractivity contribution in [2.45, 2.75) is 26.2 Å². The van der Waals surface area contributed by atoms with E-state index in [0.717, 1.165) is 21.4 Å². The van der Waals surface area contributed by atoms with Crippen LogP contribution in [0.15, 0.2) is 24.4 Å². The molecule has 1 aromatic carbocycles. The van der Waals surface area contributed by atoms with Gasteiger partial charge in [-0.3, -0.25) is 0 Å². The standard InChI is InChI=1S/C13H15ClN2/c1-13(2,3)9-7-16-12(15)8-5-4-6-10(14)11(8)9/h4-7H,1-3H3,(H2,15,16). The smallest absolute Gasteiger partial charge is 0.131 e. The van der Waals surface area contributed by atoms with E-state index in [4.69, 9.17) is 17.3 Å². The van der Waals surface area contributed by atoms with Crippen LogP contribution in [0.3, 0.4) is 0 Å². The van der Waals surface area contributed by atoms with E-state index < -0.39 is 0 Å². The average molecular weight is 235 g/mol. The van der Waals surface area contributed by atoms with Crippen molar-refractivity contribution in [1.82, 2.24) is 4.98 Å². The molecule has 0 saturated carbocycles. The van der Waals surface area contributed by atoms with Gasteiger partial charge in [-0.1, -0.05) is 44.5 Å². The SMILES string of the molecule is CC(C)(C)c1cnc(N)c2cccc(Cl)c12. The normalized spacial score (nSPS) is 12.0. The van der Waals surface area contributed by atoms with Gasteiger partial charge in [0.05, 0.1) is 0 Å². The molecule has 0 spiro atoms. The fourth-order valence-corrected chi connectivity index (χ4v) is 2.12. The maximum Gasteiger partial charge on any atom is 0.131 e. The number of hydrogen-bond acceptors (Lipinski definition) is 2. The van der Waals surface area contributed by atoms with Crippen molar-refractivity contribution < 1.29 is 0 Å². The average Bonchev–Trinajstić information content (AvgIpc) is 2.18. The summed E-state index contributed by atoms with van der Waals surface area (Å²) in [5, 5.41) is 2.68. The molecule has 0 unspecified atom stereocenters. The van der Waals surface area contributed by atoms with Crippen LogP contribution in [-0.2, 0) is 5.41 Å². The Hall–Kier alpha value is -1.28. The molecule has 0 aliphatic carbocycles. The summed E-state index contributed by atoms with van der Waals surface area (Å²) in [6, 6.07) is 5.74. The van der Waals surface area contributed by atoms with Gasteiger partial charge >= 0.3 is 0 Å². The van der Waals surface area contributed by atoms with E-state index in [-0.39, 0.29) is 5.41 Å². The van der Waals surface area contributed by atoms with Gasteiger partial charge in [0.2, 0.25) is 0 Å². The van der Waals surface area contributed by atoms with Crippen molar-refractivity contribution in [2.24, 2.45) is 0 Å². The summed E-state index contributed by atoms with van der Waals surface area (Å²) < 4.78 is 0. The van der Waals surface area contributed by atoms with Crippen LogP contribution in [0.25, 0.3) is 10.8 Å². The molecule has 1 aromatic heterocycles. The first kappa shape index (κ1) is 11.2. The van der Waals surface area contributed by atoms with E-state index in [0.29, 0.717) is 5.82 Å². The first-order valence-electron chi connectivity index (χ1n) is 5.24. The second-order valence-electron chi connectivity index (χ2n) is 4.97. The number of nitrogens with two attached hydrogens (primary N) is 1. The molecule has 0 aliphatic heterocycles. The van der Waals surface area contributed by atoms with Gasteiger partial charge in [-0.25, -0.2) is 4.98 Å². The van der Waals surface area contributed by atoms with Gasteiger partial charge in [0.15, 0.2) is 0 Å². The Labute approximate surface area is 100 Å². The molecule has 2 N–H and O–H groups in total. The molecule has 0 fully saturated rings. The summed E-state index contributed by atoms with van der Waals surface area (Å²) in [6.07, 6.45) is 1.82. The van der Waals surface area contributed by atoms with Crippen LogP contribution in [0.4, 0.5) is 5.82 Å². The van der Waals surface area contributed by atoms with Crippen LogP contribution < -0.4 is 5.73 Å². The van der Waals surface area contributed by atoms with Crippen LogP contribution in [-0.4, -0.2) is 4.98 Å². The van der Waals surface area contributed by atoms with Gasteiger partial charge in [0.1, 0.15) is 5.82 Å². The molecule has 0 amide bonds. The molecule has 2 rings (SSSR count). The quantitative estimate of drug-likeness (QED) is 0.754. The Bertz CT molecular complexity index is 541. The summed E-state index contributed by atoms with van der Waals surface area (Å²) in [7, 11) is 0. The molecule has 0 aliphatic rings. The van der Waals surface area contributed by atoms with Crippen LogP contribution in [0.2, 0.25) is 5.02 Å². The lowest BCUT2D eigenvalue weighted by Gasteiger charge is -2.21. The molecule has 0 bridgehead atoms. The minimum atomic E-state index is 0.00391. The number of aromatic nitrogens is 1. The molecule has 0 radical (unpaired) electrons. The third-order valence-electron chi connectivity index (χ3n) is 2.70. The van der Waals surface area contributed by atoms with Crippen LogP contribution in [0.5, 0.6) is 0 Å². The monoisotopic (exact) mass is 234 g/mol. The molecule has 16 heavy (non-hydrogen) atoms. The second kappa shape index (κ2) is 3.63. The number of rotatable bonds is 0. The number of benzene rings is 1. The number of halogens is 1. The number of anilines is 1. The van der Waals surface area contributed by atoms with Gasteiger partial charge < -0.3 is 5.73 Å². The van der Waals surface area contributed by atoms with Crippen molar-refractivity contribution >= 4 is 28.2 Å². The Morgan fingerprint density at radius 1 is 1.25 bits per heavy atom. The second-order valence-corrected chi connectivity index (χ2v) is 5.38. The summed E-state index contributed by atoms with van der Waals surface area (Å²) in [5.74, 6) is 0.533. The van der Waals surface area contributed by atoms with Crippen molar-refractivity contribution in [3.05, 3.63) is 35.0 Å². The highest BCUT2D eigenvalue weighted by molar-refractivity contribution is 6.36. The zero-order valence-corrected chi connectivity index (χ0v) is 10.5. The molecule has 84 valence electrons. The van der Waals surface area contributed by atoms with Gasteiger partial charge in [-0.2, -0.15) is 0 Å². The molecule has 0 atom stereocenters. The van der Waals surface area contributed by atoms with Crippen molar-refractivity contribution in [2.75, 3.05) is 5.73 Å². The lowest BCUT2D eigenvalue weighted by atomic mass is 9.85. The number of pyridine rings is 1. The van der Waals surface area contributed by atoms with E-state index in [1.807, 2.05) is 24.4 Å². The molecular formula is C13H15ClN2. The highest BCUT2D eigenvalue weighted by atomic mass is 35.5. The predicted molar refractivity (Wildman–Crippen MR) is 69.9 cm³/mol. The van der Waals surface area contributed by atoms with Crippen LogP contribution >= 0.6 is 11.6 Å². The molecular weight excluding hydrogens is 220 g/mol. The first-order valence-corrected chi connectivity index (χ1v) is 5.62. The molecule has 2 aromatic rings. The van der Waals surface area contributed by atoms with E-state index in [2.05, 4.69) is 25.8 Å². The number of hydrogen-bond donors (Lipinski definition) is 1. The van der Waals surface area contributed by atoms with Gasteiger partial charge in [-0.05, 0) is 17.0 Å². The zero-order chi connectivity index (χ0) is 11.9. The minimum absolute atomic E-state index is 0.00391. The number of fused-ring (bicyclic) bond motifs is 1. The van der Waals surface area contributed by atoms with E-state index in [1.165, 1.54) is 0 Å². The van der Waals surface area contributed by atoms with Crippen LogP contribution in [0.1, 0.15) is 26.3 Å². The number of nitrogens with zero attached hydrogens (tertiary/aromatic N) is 1. The zero-order valence-electron chi connectivity index (χ0n) is 9.71. The molecule has 2 nitrogen and oxygen atoms in total. The Kier molecular flexibility index (Phi) is 2.55. The fraction of sp³-hybridized carbons (Fsp3) is 0.308. The maximum absolute atomic E-state index is 6.26. The van der Waals surface area contributed by atoms with Crippen molar-refractivity contribution in [1.29, 1.82) is 0 Å². The Morgan fingerprint density at radius 2 is 1.94 bits per heavy atom. The summed E-state index contributed by atoms with van der Waals surface area (Å²) >= 11 is 6.26. The third kappa shape index (κ3) is 1.74. The Morgan fingerprint density at radius 3 is 2.56 bits per heavy atom. The fourth-order valence-electron chi connectivity index (χ4n) is 1.85. The van der Waals surface area contributed by atoms with Crippen LogP contribution in [0, 0.1) is 0 Å². The van der Waals surface area contributed by atoms with Gasteiger partial charge in [-0.15, -0.1) is 0 Å². The van der Waals surface area contributed by atoms with Gasteiger partial charge in [0.25, 0.3) is 0 Å². The largest absolute Gasteiger partial charge is 0.383 e. The van der Waals surface area contributed by atoms with Crippen molar-refractivity contribution in [3.63, 3.8) is 0 Å². The lowest BCUT2D eigenvalue weighted by molar-refractivity contribution is 0.593.